The molecule has 3 heterocycles. The zero-order valence-corrected chi connectivity index (χ0v) is 17.4. The van der Waals surface area contributed by atoms with E-state index in [9.17, 15) is 14.7 Å². The van der Waals surface area contributed by atoms with Gasteiger partial charge in [0.15, 0.2) is 11.5 Å². The Labute approximate surface area is 175 Å². The Kier molecular flexibility index (Phi) is 4.66. The molecular formula is C22H25N5O3. The van der Waals surface area contributed by atoms with Gasteiger partial charge in [-0.15, -0.1) is 0 Å². The number of carbonyl (C=O) groups excluding carboxylic acids is 2. The SMILES string of the molecule is CN1CCC(O)(C#Cc2ccnc(-n3nc(C(N)=O)c4c3CC(C)(C)CC4)c2)C1=O. The fourth-order valence-corrected chi connectivity index (χ4v) is 4.08. The number of nitrogens with zero attached hydrogens (tertiary/aromatic N) is 4. The maximum absolute atomic E-state index is 12.1. The molecule has 0 aromatic carbocycles. The van der Waals surface area contributed by atoms with Crippen LogP contribution in [-0.4, -0.2) is 55.8 Å². The normalized spacial score (nSPS) is 22.4. The Balaban J connectivity index is 1.73. The van der Waals surface area contributed by atoms with Crippen molar-refractivity contribution >= 4 is 11.8 Å². The van der Waals surface area contributed by atoms with Crippen LogP contribution in [0.2, 0.25) is 0 Å². The lowest BCUT2D eigenvalue weighted by Gasteiger charge is -2.30. The highest BCUT2D eigenvalue weighted by Crippen LogP contribution is 2.36. The van der Waals surface area contributed by atoms with Gasteiger partial charge in [-0.3, -0.25) is 9.59 Å². The van der Waals surface area contributed by atoms with E-state index in [-0.39, 0.29) is 17.5 Å². The van der Waals surface area contributed by atoms with Crippen LogP contribution < -0.4 is 5.73 Å². The first-order valence-corrected chi connectivity index (χ1v) is 9.98. The van der Waals surface area contributed by atoms with Gasteiger partial charge in [0, 0.05) is 37.3 Å². The van der Waals surface area contributed by atoms with Gasteiger partial charge in [0.25, 0.3) is 11.8 Å². The number of hydrogen-bond acceptors (Lipinski definition) is 5. The first-order chi connectivity index (χ1) is 14.1. The minimum atomic E-state index is -1.66. The number of fused-ring (bicyclic) bond motifs is 1. The van der Waals surface area contributed by atoms with Crippen LogP contribution >= 0.6 is 0 Å². The fourth-order valence-electron chi connectivity index (χ4n) is 4.08. The number of carbonyl (C=O) groups is 2. The second-order valence-corrected chi connectivity index (χ2v) is 8.88. The maximum Gasteiger partial charge on any atom is 0.269 e. The second kappa shape index (κ2) is 6.96. The summed E-state index contributed by atoms with van der Waals surface area (Å²) in [5.74, 6) is 5.19. The number of nitrogens with two attached hydrogens (primary N) is 1. The van der Waals surface area contributed by atoms with Crippen molar-refractivity contribution in [2.45, 2.75) is 45.1 Å². The molecule has 0 bridgehead atoms. The molecule has 30 heavy (non-hydrogen) atoms. The van der Waals surface area contributed by atoms with Crippen LogP contribution in [-0.2, 0) is 17.6 Å². The number of aromatic nitrogens is 3. The van der Waals surface area contributed by atoms with E-state index in [1.165, 1.54) is 4.90 Å². The van der Waals surface area contributed by atoms with E-state index in [0.29, 0.717) is 17.9 Å². The van der Waals surface area contributed by atoms with Crippen LogP contribution in [0, 0.1) is 17.3 Å². The molecule has 4 rings (SSSR count). The van der Waals surface area contributed by atoms with Crippen LogP contribution in [0.25, 0.3) is 5.82 Å². The summed E-state index contributed by atoms with van der Waals surface area (Å²) >= 11 is 0. The van der Waals surface area contributed by atoms with E-state index in [4.69, 9.17) is 5.73 Å². The summed E-state index contributed by atoms with van der Waals surface area (Å²) in [5, 5.41) is 15.0. The second-order valence-electron chi connectivity index (χ2n) is 8.88. The summed E-state index contributed by atoms with van der Waals surface area (Å²) in [6.07, 6.45) is 4.31. The number of pyridine rings is 1. The smallest absolute Gasteiger partial charge is 0.269 e. The molecule has 8 nitrogen and oxygen atoms in total. The maximum atomic E-state index is 12.1. The van der Waals surface area contributed by atoms with Crippen molar-refractivity contribution in [2.75, 3.05) is 13.6 Å². The standard InChI is InChI=1S/C22H25N5O3/c1-21(2)7-5-15-16(13-21)27(25-18(15)19(23)28)17-12-14(6-10-24-17)4-8-22(30)9-11-26(3)20(22)29/h6,10,12,30H,5,7,9,11,13H2,1-3H3,(H2,23,28). The highest BCUT2D eigenvalue weighted by Gasteiger charge is 2.42. The number of amides is 2. The highest BCUT2D eigenvalue weighted by molar-refractivity contribution is 5.93. The summed E-state index contributed by atoms with van der Waals surface area (Å²) in [4.78, 5) is 29.9. The van der Waals surface area contributed by atoms with E-state index >= 15 is 0 Å². The molecule has 1 aliphatic carbocycles. The van der Waals surface area contributed by atoms with Crippen LogP contribution in [0.15, 0.2) is 18.3 Å². The Morgan fingerprint density at radius 3 is 2.77 bits per heavy atom. The monoisotopic (exact) mass is 407 g/mol. The van der Waals surface area contributed by atoms with Gasteiger partial charge in [-0.25, -0.2) is 9.67 Å². The van der Waals surface area contributed by atoms with Gasteiger partial charge in [-0.1, -0.05) is 25.7 Å². The Morgan fingerprint density at radius 1 is 1.33 bits per heavy atom. The first-order valence-electron chi connectivity index (χ1n) is 9.98. The van der Waals surface area contributed by atoms with Crippen molar-refractivity contribution < 1.29 is 14.7 Å². The summed E-state index contributed by atoms with van der Waals surface area (Å²) in [6.45, 7) is 4.84. The first kappa shape index (κ1) is 20.1. The zero-order chi connectivity index (χ0) is 21.7. The van der Waals surface area contributed by atoms with E-state index in [1.54, 1.807) is 30.1 Å². The van der Waals surface area contributed by atoms with Gasteiger partial charge in [-0.2, -0.15) is 5.10 Å². The van der Waals surface area contributed by atoms with E-state index in [2.05, 4.69) is 35.8 Å². The number of hydrogen-bond donors (Lipinski definition) is 2. The predicted molar refractivity (Wildman–Crippen MR) is 110 cm³/mol. The van der Waals surface area contributed by atoms with Gasteiger partial charge in [0.1, 0.15) is 0 Å². The topological polar surface area (TPSA) is 114 Å². The lowest BCUT2D eigenvalue weighted by Crippen LogP contribution is -2.37. The molecule has 0 spiro atoms. The quantitative estimate of drug-likeness (QED) is 0.716. The summed E-state index contributed by atoms with van der Waals surface area (Å²) in [7, 11) is 1.64. The van der Waals surface area contributed by atoms with Crippen molar-refractivity contribution in [1.29, 1.82) is 0 Å². The molecule has 2 aliphatic rings. The molecule has 1 unspecified atom stereocenters. The number of primary amides is 1. The van der Waals surface area contributed by atoms with Gasteiger partial charge in [0.05, 0.1) is 5.69 Å². The molecular weight excluding hydrogens is 382 g/mol. The summed E-state index contributed by atoms with van der Waals surface area (Å²) in [6, 6.07) is 3.44. The van der Waals surface area contributed by atoms with Crippen LogP contribution in [0.3, 0.4) is 0 Å². The minimum absolute atomic E-state index is 0.0786. The molecule has 2 aromatic rings. The van der Waals surface area contributed by atoms with Crippen LogP contribution in [0.5, 0.6) is 0 Å². The number of likely N-dealkylation sites (N-methyl/N-ethyl adjacent to an activating group) is 1. The van der Waals surface area contributed by atoms with Gasteiger partial charge < -0.3 is 15.7 Å². The van der Waals surface area contributed by atoms with E-state index in [0.717, 1.165) is 30.5 Å². The van der Waals surface area contributed by atoms with Crippen molar-refractivity contribution in [2.24, 2.45) is 11.1 Å². The van der Waals surface area contributed by atoms with Crippen molar-refractivity contribution in [1.82, 2.24) is 19.7 Å². The lowest BCUT2D eigenvalue weighted by molar-refractivity contribution is -0.137. The fraction of sp³-hybridized carbons (Fsp3) is 0.455. The number of likely N-dealkylation sites (tertiary alicyclic amines) is 1. The van der Waals surface area contributed by atoms with Crippen molar-refractivity contribution in [3.05, 3.63) is 40.8 Å². The summed E-state index contributed by atoms with van der Waals surface area (Å²) in [5.41, 5.74) is 6.68. The molecule has 1 fully saturated rings. The molecule has 8 heteroatoms. The molecule has 0 radical (unpaired) electrons. The van der Waals surface area contributed by atoms with E-state index < -0.39 is 17.4 Å². The van der Waals surface area contributed by atoms with Gasteiger partial charge in [0.2, 0.25) is 5.60 Å². The molecule has 0 saturated carbocycles. The van der Waals surface area contributed by atoms with Crippen molar-refractivity contribution in [3.8, 4) is 17.7 Å². The van der Waals surface area contributed by atoms with Crippen LogP contribution in [0.1, 0.15) is 54.0 Å². The zero-order valence-electron chi connectivity index (χ0n) is 17.4. The Hall–Kier alpha value is -3.18. The Morgan fingerprint density at radius 2 is 2.10 bits per heavy atom. The largest absolute Gasteiger partial charge is 0.369 e. The molecule has 2 amide bonds. The molecule has 156 valence electrons. The average molecular weight is 407 g/mol. The van der Waals surface area contributed by atoms with Gasteiger partial charge >= 0.3 is 0 Å². The number of aliphatic hydroxyl groups is 1. The molecule has 1 aliphatic heterocycles. The summed E-state index contributed by atoms with van der Waals surface area (Å²) < 4.78 is 1.67. The third kappa shape index (κ3) is 3.46. The molecule has 2 aromatic heterocycles. The predicted octanol–water partition coefficient (Wildman–Crippen LogP) is 0.826. The minimum Gasteiger partial charge on any atom is -0.369 e. The van der Waals surface area contributed by atoms with Crippen molar-refractivity contribution in [3.63, 3.8) is 0 Å². The Bertz CT molecular complexity index is 1110. The highest BCUT2D eigenvalue weighted by atomic mass is 16.3. The lowest BCUT2D eigenvalue weighted by atomic mass is 9.76. The molecule has 1 saturated heterocycles. The van der Waals surface area contributed by atoms with Gasteiger partial charge in [-0.05, 0) is 36.8 Å². The third-order valence-corrected chi connectivity index (χ3v) is 5.91. The molecule has 1 atom stereocenters. The third-order valence-electron chi connectivity index (χ3n) is 5.91. The van der Waals surface area contributed by atoms with E-state index in [1.807, 2.05) is 0 Å². The van der Waals surface area contributed by atoms with Crippen LogP contribution in [0.4, 0.5) is 0 Å². The average Bonchev–Trinajstić information content (AvgIpc) is 3.19. The molecule has 3 N–H and O–H groups in total. The number of rotatable bonds is 2.